The number of nitrogens with zero attached hydrogens (tertiary/aromatic N) is 2. The molecule has 0 radical (unpaired) electrons. The Kier molecular flexibility index (Phi) is 2.08. The molecule has 100 valence electrons. The van der Waals surface area contributed by atoms with Gasteiger partial charge in [0.2, 0.25) is 0 Å². The second-order valence-electron chi connectivity index (χ2n) is 4.07. The molecular formula is C15H11ClN2O2. The molecule has 1 N–H and O–H groups in total. The van der Waals surface area contributed by atoms with Gasteiger partial charge in [-0.1, -0.05) is 41.8 Å². The molecule has 2 aromatic rings. The fourth-order valence-corrected chi connectivity index (χ4v) is 2.12. The Hall–Kier alpha value is -2.17. The van der Waals surface area contributed by atoms with Crippen LogP contribution < -0.4 is 10.6 Å². The molecule has 0 saturated carbocycles. The Morgan fingerprint density at radius 3 is 2.80 bits per heavy atom. The molecule has 0 bridgehead atoms. The molecule has 2 aromatic carbocycles. The van der Waals surface area contributed by atoms with Gasteiger partial charge in [0.25, 0.3) is 5.91 Å². The number of hydroxylamine groups is 2. The lowest BCUT2D eigenvalue weighted by Crippen LogP contribution is -2.31. The summed E-state index contributed by atoms with van der Waals surface area (Å²) < 4.78 is 39.5. The van der Waals surface area contributed by atoms with Crippen molar-refractivity contribution in [1.29, 1.82) is 0 Å². The molecule has 3 rings (SSSR count). The minimum Gasteiger partial charge on any atom is -0.288 e. The molecule has 1 aliphatic heterocycles. The van der Waals surface area contributed by atoms with Crippen molar-refractivity contribution in [3.63, 3.8) is 0 Å². The predicted molar refractivity (Wildman–Crippen MR) is 74.7 cm³/mol. The number of halogens is 1. The van der Waals surface area contributed by atoms with Crippen molar-refractivity contribution < 1.29 is 16.9 Å². The molecule has 0 spiro atoms. The molecule has 0 atom stereocenters. The molecule has 5 heteroatoms. The van der Waals surface area contributed by atoms with Crippen LogP contribution in [0.5, 0.6) is 0 Å². The molecule has 0 unspecified atom stereocenters. The van der Waals surface area contributed by atoms with E-state index in [2.05, 4.69) is 4.99 Å². The first-order chi connectivity index (χ1) is 11.7. The van der Waals surface area contributed by atoms with Gasteiger partial charge in [-0.3, -0.25) is 10.0 Å². The molecular weight excluding hydrogens is 276 g/mol. The van der Waals surface area contributed by atoms with Crippen LogP contribution in [0.15, 0.2) is 53.4 Å². The van der Waals surface area contributed by atoms with Gasteiger partial charge in [-0.05, 0) is 18.2 Å². The number of carbonyl (C=O) groups is 1. The lowest BCUT2D eigenvalue weighted by molar-refractivity contribution is -0.125. The second-order valence-corrected chi connectivity index (χ2v) is 4.51. The third-order valence-electron chi connectivity index (χ3n) is 2.74. The number of benzene rings is 2. The quantitative estimate of drug-likeness (QED) is 0.863. The highest BCUT2D eigenvalue weighted by Crippen LogP contribution is 2.15. The molecule has 20 heavy (non-hydrogen) atoms. The van der Waals surface area contributed by atoms with Gasteiger partial charge < -0.3 is 0 Å². The summed E-state index contributed by atoms with van der Waals surface area (Å²) in [6.07, 6.45) is 0. The Labute approximate surface area is 127 Å². The number of fused-ring (bicyclic) bond motifs is 1. The first-order valence-corrected chi connectivity index (χ1v) is 6.05. The zero-order valence-electron chi connectivity index (χ0n) is 15.1. The van der Waals surface area contributed by atoms with Crippen molar-refractivity contribution in [2.24, 2.45) is 4.99 Å². The number of carbonyl (C=O) groups excluding carboxylic acids is 1. The maximum atomic E-state index is 11.9. The van der Waals surface area contributed by atoms with Crippen molar-refractivity contribution >= 4 is 23.2 Å². The van der Waals surface area contributed by atoms with E-state index < -0.39 is 42.7 Å². The molecule has 0 aromatic heterocycles. The molecule has 1 aliphatic rings. The van der Waals surface area contributed by atoms with Crippen molar-refractivity contribution in [3.8, 4) is 0 Å². The van der Waals surface area contributed by atoms with Gasteiger partial charge >= 0.3 is 0 Å². The van der Waals surface area contributed by atoms with E-state index >= 15 is 0 Å². The van der Waals surface area contributed by atoms with Gasteiger partial charge in [0.15, 0.2) is 0 Å². The zero-order valence-corrected chi connectivity index (χ0v) is 10.8. The van der Waals surface area contributed by atoms with Crippen LogP contribution in [0, 0.1) is 0 Å². The van der Waals surface area contributed by atoms with Crippen LogP contribution in [0.1, 0.15) is 12.4 Å². The first kappa shape index (κ1) is 8.19. The van der Waals surface area contributed by atoms with E-state index in [4.69, 9.17) is 18.5 Å². The second kappa shape index (κ2) is 5.07. The van der Waals surface area contributed by atoms with E-state index in [1.165, 1.54) is 18.2 Å². The summed E-state index contributed by atoms with van der Waals surface area (Å²) in [5, 5.41) is 11.5. The van der Waals surface area contributed by atoms with Crippen LogP contribution in [0.4, 0.5) is 0 Å². The van der Waals surface area contributed by atoms with Crippen LogP contribution in [0.3, 0.4) is 0 Å². The molecule has 0 aliphatic carbocycles. The summed E-state index contributed by atoms with van der Waals surface area (Å²) in [6.45, 7) is -0.524. The largest absolute Gasteiger partial charge is 0.288 e. The summed E-state index contributed by atoms with van der Waals surface area (Å²) in [6, 6.07) is 1.73. The van der Waals surface area contributed by atoms with E-state index in [9.17, 15) is 10.0 Å². The van der Waals surface area contributed by atoms with E-state index in [1.54, 1.807) is 0 Å². The fraction of sp³-hybridized carbons (Fsp3) is 0.0667. The Balaban J connectivity index is 2.56. The highest BCUT2D eigenvalue weighted by atomic mass is 35.5. The monoisotopic (exact) mass is 291 g/mol. The molecule has 4 nitrogen and oxygen atoms in total. The third kappa shape index (κ3) is 2.31. The molecule has 0 fully saturated rings. The molecule has 1 heterocycles. The predicted octanol–water partition coefficient (Wildman–Crippen LogP) is 1.35. The van der Waals surface area contributed by atoms with Crippen LogP contribution in [-0.4, -0.2) is 22.7 Å². The van der Waals surface area contributed by atoms with E-state index in [-0.39, 0.29) is 26.9 Å². The zero-order chi connectivity index (χ0) is 18.5. The highest BCUT2D eigenvalue weighted by molar-refractivity contribution is 6.30. The van der Waals surface area contributed by atoms with Crippen molar-refractivity contribution in [2.45, 2.75) is 0 Å². The Bertz CT molecular complexity index is 1010. The van der Waals surface area contributed by atoms with Gasteiger partial charge in [-0.2, -0.15) is 0 Å². The minimum absolute atomic E-state index is 0.121. The summed E-state index contributed by atoms with van der Waals surface area (Å²) in [5.41, 5.74) is -0.356. The van der Waals surface area contributed by atoms with Crippen molar-refractivity contribution in [3.05, 3.63) is 69.6 Å². The van der Waals surface area contributed by atoms with Gasteiger partial charge in [0, 0.05) is 15.8 Å². The summed E-state index contributed by atoms with van der Waals surface area (Å²) in [5.74, 6) is -0.645. The highest BCUT2D eigenvalue weighted by Gasteiger charge is 2.18. The SMILES string of the molecule is [2H]c1c([2H])c([2H])c(C2=c3cc(Cl)ccc3=NC(=O)CN2O)c([2H])c1[2H]. The molecule has 0 saturated heterocycles. The summed E-state index contributed by atoms with van der Waals surface area (Å²) >= 11 is 6.00. The Morgan fingerprint density at radius 2 is 2.05 bits per heavy atom. The van der Waals surface area contributed by atoms with Crippen LogP contribution >= 0.6 is 11.6 Å². The number of rotatable bonds is 1. The first-order valence-electron chi connectivity index (χ1n) is 8.17. The van der Waals surface area contributed by atoms with Crippen LogP contribution in [-0.2, 0) is 4.79 Å². The Morgan fingerprint density at radius 1 is 1.30 bits per heavy atom. The summed E-state index contributed by atoms with van der Waals surface area (Å²) in [7, 11) is 0. The molecule has 1 amide bonds. The van der Waals surface area contributed by atoms with Crippen molar-refractivity contribution in [2.75, 3.05) is 6.54 Å². The average molecular weight is 292 g/mol. The van der Waals surface area contributed by atoms with Gasteiger partial charge in [-0.15, -0.1) is 0 Å². The maximum Gasteiger partial charge on any atom is 0.268 e. The normalized spacial score (nSPS) is 18.1. The minimum atomic E-state index is -0.645. The van der Waals surface area contributed by atoms with Crippen LogP contribution in [0.2, 0.25) is 5.02 Å². The van der Waals surface area contributed by atoms with E-state index in [0.29, 0.717) is 5.06 Å². The third-order valence-corrected chi connectivity index (χ3v) is 2.97. The standard InChI is InChI=1S/C15H11ClN2O2/c16-11-6-7-13-12(8-11)15(10-4-2-1-3-5-10)18(20)9-14(19)17-13/h1-8,20H,9H2/i1D,2D,3D,4D,5D. The topological polar surface area (TPSA) is 52.9 Å². The van der Waals surface area contributed by atoms with Gasteiger partial charge in [0.1, 0.15) is 6.54 Å². The van der Waals surface area contributed by atoms with E-state index in [0.717, 1.165) is 0 Å². The fourth-order valence-electron chi connectivity index (χ4n) is 1.94. The van der Waals surface area contributed by atoms with Gasteiger partial charge in [0.05, 0.1) is 17.9 Å². The van der Waals surface area contributed by atoms with Crippen molar-refractivity contribution in [1.82, 2.24) is 5.06 Å². The summed E-state index contributed by atoms with van der Waals surface area (Å²) in [4.78, 5) is 15.7. The van der Waals surface area contributed by atoms with E-state index in [1.807, 2.05) is 0 Å². The maximum absolute atomic E-state index is 11.9. The lowest BCUT2D eigenvalue weighted by atomic mass is 10.1. The van der Waals surface area contributed by atoms with Crippen LogP contribution in [0.25, 0.3) is 5.70 Å². The number of hydrogen-bond acceptors (Lipinski definition) is 3. The van der Waals surface area contributed by atoms with Gasteiger partial charge in [-0.25, -0.2) is 10.1 Å². The average Bonchev–Trinajstić information content (AvgIpc) is 2.67. The number of amides is 1. The smallest absolute Gasteiger partial charge is 0.268 e. The lowest BCUT2D eigenvalue weighted by Gasteiger charge is -2.18. The number of hydrogen-bond donors (Lipinski definition) is 1.